The van der Waals surface area contributed by atoms with Crippen molar-refractivity contribution in [3.8, 4) is 22.3 Å². The van der Waals surface area contributed by atoms with Crippen LogP contribution in [-0.4, -0.2) is 4.40 Å². The van der Waals surface area contributed by atoms with Crippen molar-refractivity contribution in [3.63, 3.8) is 0 Å². The van der Waals surface area contributed by atoms with Gasteiger partial charge in [-0.25, -0.2) is 0 Å². The SMILES string of the molecule is c1ccc(-c2c3cc(C4CCCCC4)ccc3n3c2sc2c(-c4ccc(N(c5ccccc5)c5ccccc5)cc4)cccc23)cc1. The van der Waals surface area contributed by atoms with Crippen molar-refractivity contribution in [2.45, 2.75) is 38.0 Å². The molecule has 0 unspecified atom stereocenters. The molecule has 3 heteroatoms. The zero-order valence-corrected chi connectivity index (χ0v) is 27.2. The van der Waals surface area contributed by atoms with E-state index in [-0.39, 0.29) is 0 Å². The van der Waals surface area contributed by atoms with E-state index in [0.717, 1.165) is 17.1 Å². The lowest BCUT2D eigenvalue weighted by Gasteiger charge is -2.25. The highest BCUT2D eigenvalue weighted by Gasteiger charge is 2.22. The van der Waals surface area contributed by atoms with Gasteiger partial charge in [-0.1, -0.05) is 116 Å². The van der Waals surface area contributed by atoms with Crippen LogP contribution in [0.2, 0.25) is 0 Å². The summed E-state index contributed by atoms with van der Waals surface area (Å²) in [7, 11) is 0. The van der Waals surface area contributed by atoms with Crippen LogP contribution < -0.4 is 4.90 Å². The van der Waals surface area contributed by atoms with E-state index in [0.29, 0.717) is 5.92 Å². The average molecular weight is 625 g/mol. The molecule has 0 bridgehead atoms. The molecule has 1 fully saturated rings. The summed E-state index contributed by atoms with van der Waals surface area (Å²) >= 11 is 1.93. The molecule has 1 aliphatic rings. The lowest BCUT2D eigenvalue weighted by molar-refractivity contribution is 0.444. The summed E-state index contributed by atoms with van der Waals surface area (Å²) in [6.45, 7) is 0. The minimum absolute atomic E-state index is 0.681. The first-order chi connectivity index (χ1) is 23.3. The Balaban J connectivity index is 1.19. The Morgan fingerprint density at radius 3 is 1.85 bits per heavy atom. The van der Waals surface area contributed by atoms with Crippen LogP contribution in [-0.2, 0) is 0 Å². The van der Waals surface area contributed by atoms with Crippen molar-refractivity contribution in [2.24, 2.45) is 0 Å². The third-order valence-corrected chi connectivity index (χ3v) is 11.2. The first kappa shape index (κ1) is 28.1. The van der Waals surface area contributed by atoms with Crippen LogP contribution in [0.5, 0.6) is 0 Å². The molecule has 1 aliphatic carbocycles. The van der Waals surface area contributed by atoms with Crippen molar-refractivity contribution in [2.75, 3.05) is 4.90 Å². The molecule has 0 radical (unpaired) electrons. The van der Waals surface area contributed by atoms with Gasteiger partial charge in [0, 0.05) is 33.6 Å². The maximum Gasteiger partial charge on any atom is 0.109 e. The number of hydrogen-bond acceptors (Lipinski definition) is 2. The van der Waals surface area contributed by atoms with Crippen molar-refractivity contribution in [1.29, 1.82) is 0 Å². The van der Waals surface area contributed by atoms with Crippen molar-refractivity contribution >= 4 is 54.3 Å². The van der Waals surface area contributed by atoms with Gasteiger partial charge < -0.3 is 4.90 Å². The van der Waals surface area contributed by atoms with E-state index in [1.807, 2.05) is 11.3 Å². The Hall–Kier alpha value is -5.12. The Labute approximate surface area is 280 Å². The predicted octanol–water partition coefficient (Wildman–Crippen LogP) is 13.2. The molecule has 2 aromatic heterocycles. The molecule has 8 aromatic rings. The van der Waals surface area contributed by atoms with E-state index in [4.69, 9.17) is 0 Å². The van der Waals surface area contributed by atoms with Crippen molar-refractivity contribution < 1.29 is 0 Å². The third-order valence-electron chi connectivity index (χ3n) is 9.99. The fraction of sp³-hybridized carbons (Fsp3) is 0.136. The third kappa shape index (κ3) is 4.94. The van der Waals surface area contributed by atoms with Gasteiger partial charge in [0.15, 0.2) is 0 Å². The van der Waals surface area contributed by atoms with Gasteiger partial charge in [-0.05, 0) is 90.0 Å². The minimum atomic E-state index is 0.681. The number of fused-ring (bicyclic) bond motifs is 5. The largest absolute Gasteiger partial charge is 0.311 e. The van der Waals surface area contributed by atoms with E-state index < -0.39 is 0 Å². The Kier molecular flexibility index (Phi) is 7.13. The summed E-state index contributed by atoms with van der Waals surface area (Å²) in [5.74, 6) is 0.681. The molecule has 9 rings (SSSR count). The van der Waals surface area contributed by atoms with Gasteiger partial charge in [-0.2, -0.15) is 0 Å². The minimum Gasteiger partial charge on any atom is -0.311 e. The number of rotatable bonds is 6. The summed E-state index contributed by atoms with van der Waals surface area (Å²) in [6, 6.07) is 55.4. The number of para-hydroxylation sites is 2. The molecule has 2 nitrogen and oxygen atoms in total. The van der Waals surface area contributed by atoms with Gasteiger partial charge in [0.1, 0.15) is 4.83 Å². The summed E-state index contributed by atoms with van der Waals surface area (Å²) in [5.41, 5.74) is 12.7. The molecule has 47 heavy (non-hydrogen) atoms. The lowest BCUT2D eigenvalue weighted by Crippen LogP contribution is -2.09. The second-order valence-corrected chi connectivity index (χ2v) is 13.8. The maximum absolute atomic E-state index is 2.52. The van der Waals surface area contributed by atoms with Crippen molar-refractivity contribution in [3.05, 3.63) is 157 Å². The zero-order chi connectivity index (χ0) is 31.2. The summed E-state index contributed by atoms with van der Waals surface area (Å²) in [5, 5.41) is 1.38. The van der Waals surface area contributed by atoms with Crippen LogP contribution in [0.3, 0.4) is 0 Å². The summed E-state index contributed by atoms with van der Waals surface area (Å²) in [4.78, 5) is 3.64. The highest BCUT2D eigenvalue weighted by atomic mass is 32.1. The molecular formula is C44H36N2S. The van der Waals surface area contributed by atoms with Crippen LogP contribution in [0.4, 0.5) is 17.1 Å². The summed E-state index contributed by atoms with van der Waals surface area (Å²) in [6.07, 6.45) is 6.71. The fourth-order valence-corrected chi connectivity index (χ4v) is 9.09. The van der Waals surface area contributed by atoms with E-state index in [2.05, 4.69) is 161 Å². The highest BCUT2D eigenvalue weighted by Crippen LogP contribution is 2.46. The number of anilines is 3. The number of thiazole rings is 1. The molecule has 0 saturated heterocycles. The highest BCUT2D eigenvalue weighted by molar-refractivity contribution is 7.25. The fourth-order valence-electron chi connectivity index (χ4n) is 7.72. The molecule has 0 spiro atoms. The Morgan fingerprint density at radius 1 is 0.532 bits per heavy atom. The predicted molar refractivity (Wildman–Crippen MR) is 202 cm³/mol. The van der Waals surface area contributed by atoms with Crippen LogP contribution in [0.15, 0.2) is 152 Å². The van der Waals surface area contributed by atoms with Gasteiger partial charge >= 0.3 is 0 Å². The molecule has 0 aliphatic heterocycles. The van der Waals surface area contributed by atoms with E-state index >= 15 is 0 Å². The lowest BCUT2D eigenvalue weighted by atomic mass is 9.83. The van der Waals surface area contributed by atoms with Crippen LogP contribution in [0, 0.1) is 0 Å². The normalized spacial score (nSPS) is 13.9. The Morgan fingerprint density at radius 2 is 1.17 bits per heavy atom. The first-order valence-electron chi connectivity index (χ1n) is 16.9. The number of nitrogens with zero attached hydrogens (tertiary/aromatic N) is 2. The quantitative estimate of drug-likeness (QED) is 0.179. The van der Waals surface area contributed by atoms with Gasteiger partial charge in [0.25, 0.3) is 0 Å². The molecule has 1 saturated carbocycles. The van der Waals surface area contributed by atoms with Crippen LogP contribution in [0.1, 0.15) is 43.6 Å². The molecule has 0 amide bonds. The second kappa shape index (κ2) is 11.9. The van der Waals surface area contributed by atoms with Gasteiger partial charge in [0.05, 0.1) is 15.7 Å². The standard InChI is InChI=1S/C44H36N2S/c1-5-14-31(15-6-1)34-26-29-40-39(30-34)42(33-16-7-2-8-17-33)44-46(40)41-23-13-22-38(43(41)47-44)32-24-27-37(28-25-32)45(35-18-9-3-10-19-35)36-20-11-4-12-21-36/h2-4,7-13,16-31H,1,5-6,14-15H2. The molecule has 0 atom stereocenters. The van der Waals surface area contributed by atoms with E-state index in [1.165, 1.54) is 85.9 Å². The molecular weight excluding hydrogens is 589 g/mol. The van der Waals surface area contributed by atoms with Crippen molar-refractivity contribution in [1.82, 2.24) is 4.40 Å². The summed E-state index contributed by atoms with van der Waals surface area (Å²) < 4.78 is 3.85. The topological polar surface area (TPSA) is 7.65 Å². The monoisotopic (exact) mass is 624 g/mol. The average Bonchev–Trinajstić information content (AvgIpc) is 3.68. The van der Waals surface area contributed by atoms with Crippen LogP contribution in [0.25, 0.3) is 48.2 Å². The first-order valence-corrected chi connectivity index (χ1v) is 17.7. The maximum atomic E-state index is 2.52. The molecule has 0 N–H and O–H groups in total. The van der Waals surface area contributed by atoms with Gasteiger partial charge in [-0.3, -0.25) is 4.40 Å². The van der Waals surface area contributed by atoms with E-state index in [1.54, 1.807) is 0 Å². The van der Waals surface area contributed by atoms with Gasteiger partial charge in [-0.15, -0.1) is 11.3 Å². The number of benzene rings is 6. The smallest absolute Gasteiger partial charge is 0.109 e. The molecule has 6 aromatic carbocycles. The van der Waals surface area contributed by atoms with Crippen LogP contribution >= 0.6 is 11.3 Å². The zero-order valence-electron chi connectivity index (χ0n) is 26.3. The molecule has 2 heterocycles. The number of aromatic nitrogens is 1. The number of hydrogen-bond donors (Lipinski definition) is 0. The Bertz CT molecular complexity index is 2270. The van der Waals surface area contributed by atoms with Gasteiger partial charge in [0.2, 0.25) is 0 Å². The molecule has 228 valence electrons. The second-order valence-electron chi connectivity index (χ2n) is 12.8. The van der Waals surface area contributed by atoms with E-state index in [9.17, 15) is 0 Å².